The predicted octanol–water partition coefficient (Wildman–Crippen LogP) is 3.94. The monoisotopic (exact) mass is 434 g/mol. The topological polar surface area (TPSA) is 84.5 Å². The summed E-state index contributed by atoms with van der Waals surface area (Å²) < 4.78 is 32.0. The molecule has 6 nitrogen and oxygen atoms in total. The van der Waals surface area contributed by atoms with E-state index in [0.717, 1.165) is 25.0 Å². The van der Waals surface area contributed by atoms with Crippen molar-refractivity contribution in [2.24, 2.45) is 11.3 Å². The number of imide groups is 1. The second-order valence-corrected chi connectivity index (χ2v) is 9.28. The van der Waals surface area contributed by atoms with E-state index in [4.69, 9.17) is 4.74 Å². The van der Waals surface area contributed by atoms with Crippen LogP contribution in [0.15, 0.2) is 18.2 Å². The zero-order valence-corrected chi connectivity index (χ0v) is 17.4. The number of nitrogens with one attached hydrogen (secondary N) is 2. The predicted molar refractivity (Wildman–Crippen MR) is 108 cm³/mol. The van der Waals surface area contributed by atoms with Gasteiger partial charge in [-0.25, -0.2) is 13.6 Å². The summed E-state index contributed by atoms with van der Waals surface area (Å²) >= 11 is 0. The van der Waals surface area contributed by atoms with Crippen LogP contribution in [-0.4, -0.2) is 30.6 Å². The Kier molecular flexibility index (Phi) is 6.25. The van der Waals surface area contributed by atoms with Gasteiger partial charge in [0.05, 0.1) is 12.5 Å². The molecule has 0 aromatic heterocycles. The first-order valence-corrected chi connectivity index (χ1v) is 11.1. The summed E-state index contributed by atoms with van der Waals surface area (Å²) in [6.45, 7) is 0.639. The Morgan fingerprint density at radius 2 is 1.81 bits per heavy atom. The van der Waals surface area contributed by atoms with Gasteiger partial charge in [-0.2, -0.15) is 0 Å². The first-order chi connectivity index (χ1) is 14.8. The fraction of sp³-hybridized carbons (Fsp3) is 0.609. The first kappa shape index (κ1) is 21.7. The molecule has 1 heterocycles. The number of carbonyl (C=O) groups excluding carboxylic acids is 3. The maximum atomic E-state index is 13.4. The van der Waals surface area contributed by atoms with Crippen LogP contribution < -0.4 is 10.6 Å². The number of amides is 3. The molecule has 1 aliphatic heterocycles. The van der Waals surface area contributed by atoms with Gasteiger partial charge in [0.15, 0.2) is 0 Å². The van der Waals surface area contributed by atoms with Gasteiger partial charge in [0.25, 0.3) is 0 Å². The molecule has 4 fully saturated rings. The van der Waals surface area contributed by atoms with Crippen molar-refractivity contribution in [2.45, 2.75) is 69.7 Å². The van der Waals surface area contributed by atoms with Gasteiger partial charge in [-0.1, -0.05) is 12.5 Å². The normalized spacial score (nSPS) is 24.3. The molecule has 5 rings (SSSR count). The van der Waals surface area contributed by atoms with Crippen LogP contribution in [0.1, 0.15) is 69.3 Å². The van der Waals surface area contributed by atoms with Gasteiger partial charge in [-0.15, -0.1) is 0 Å². The first-order valence-electron chi connectivity index (χ1n) is 11.1. The van der Waals surface area contributed by atoms with E-state index >= 15 is 0 Å². The van der Waals surface area contributed by atoms with Crippen molar-refractivity contribution in [3.05, 3.63) is 35.4 Å². The highest BCUT2D eigenvalue weighted by Gasteiger charge is 2.48. The Morgan fingerprint density at radius 1 is 1.13 bits per heavy atom. The van der Waals surface area contributed by atoms with Crippen molar-refractivity contribution >= 4 is 17.9 Å². The maximum Gasteiger partial charge on any atom is 0.407 e. The van der Waals surface area contributed by atoms with Gasteiger partial charge in [-0.05, 0) is 68.4 Å². The second kappa shape index (κ2) is 8.93. The number of hydrogen-bond donors (Lipinski definition) is 2. The van der Waals surface area contributed by atoms with E-state index in [9.17, 15) is 23.2 Å². The molecule has 1 atom stereocenters. The summed E-state index contributed by atoms with van der Waals surface area (Å²) in [6, 6.07) is 3.85. The largest absolute Gasteiger partial charge is 0.449 e. The van der Waals surface area contributed by atoms with Crippen LogP contribution in [0.4, 0.5) is 13.6 Å². The van der Waals surface area contributed by atoms with Crippen LogP contribution in [0.5, 0.6) is 0 Å². The SMILES string of the molecule is O=C(NC1CC1)OCC1CC2(CCC2)C1.O=C1CCC(c2c(F)cccc2F)C(=O)N1. The standard InChI is InChI=1S/C12H19NO2.C11H9F2NO2/c14-11(13-10-2-3-10)15-8-9-6-12(7-9)4-1-5-12;12-7-2-1-3-8(13)10(7)6-4-5-9(15)14-11(6)16/h9-10H,1-8H2,(H,13,14);1-3,6H,4-5H2,(H,14,15,16). The smallest absolute Gasteiger partial charge is 0.407 e. The van der Waals surface area contributed by atoms with Crippen LogP contribution in [0.3, 0.4) is 0 Å². The maximum absolute atomic E-state index is 13.4. The van der Waals surface area contributed by atoms with Gasteiger partial charge < -0.3 is 10.1 Å². The molecule has 1 aromatic rings. The molecule has 31 heavy (non-hydrogen) atoms. The molecular formula is C23H28F2N2O4. The summed E-state index contributed by atoms with van der Waals surface area (Å²) in [5, 5.41) is 4.92. The minimum Gasteiger partial charge on any atom is -0.449 e. The highest BCUT2D eigenvalue weighted by molar-refractivity contribution is 6.00. The highest BCUT2D eigenvalue weighted by Crippen LogP contribution is 2.58. The fourth-order valence-corrected chi connectivity index (χ4v) is 4.81. The number of hydrogen-bond acceptors (Lipinski definition) is 4. The van der Waals surface area contributed by atoms with Crippen molar-refractivity contribution in [2.75, 3.05) is 6.61 Å². The zero-order chi connectivity index (χ0) is 22.0. The molecule has 8 heteroatoms. The van der Waals surface area contributed by atoms with E-state index in [0.29, 0.717) is 24.0 Å². The fourth-order valence-electron chi connectivity index (χ4n) is 4.81. The zero-order valence-electron chi connectivity index (χ0n) is 17.4. The molecule has 3 aliphatic carbocycles. The molecule has 4 aliphatic rings. The summed E-state index contributed by atoms with van der Waals surface area (Å²) in [7, 11) is 0. The summed E-state index contributed by atoms with van der Waals surface area (Å²) in [4.78, 5) is 33.6. The van der Waals surface area contributed by atoms with E-state index in [1.165, 1.54) is 38.2 Å². The van der Waals surface area contributed by atoms with E-state index in [2.05, 4.69) is 10.6 Å². The van der Waals surface area contributed by atoms with Crippen molar-refractivity contribution in [3.8, 4) is 0 Å². The van der Waals surface area contributed by atoms with E-state index in [1.54, 1.807) is 0 Å². The third-order valence-electron chi connectivity index (χ3n) is 6.79. The molecule has 2 N–H and O–H groups in total. The molecular weight excluding hydrogens is 406 g/mol. The molecule has 1 aromatic carbocycles. The average molecular weight is 434 g/mol. The van der Waals surface area contributed by atoms with Crippen molar-refractivity contribution in [1.82, 2.24) is 10.6 Å². The van der Waals surface area contributed by atoms with Crippen LogP contribution in [0.2, 0.25) is 0 Å². The minimum absolute atomic E-state index is 0.101. The number of alkyl carbamates (subject to hydrolysis) is 1. The van der Waals surface area contributed by atoms with Gasteiger partial charge in [0.2, 0.25) is 11.8 Å². The highest BCUT2D eigenvalue weighted by atomic mass is 19.1. The lowest BCUT2D eigenvalue weighted by Crippen LogP contribution is -2.44. The van der Waals surface area contributed by atoms with Gasteiger partial charge in [0, 0.05) is 18.0 Å². The molecule has 1 unspecified atom stereocenters. The van der Waals surface area contributed by atoms with Crippen molar-refractivity contribution in [1.29, 1.82) is 0 Å². The number of carbonyl (C=O) groups is 3. The molecule has 3 saturated carbocycles. The van der Waals surface area contributed by atoms with E-state index in [1.807, 2.05) is 0 Å². The third-order valence-corrected chi connectivity index (χ3v) is 6.79. The van der Waals surface area contributed by atoms with Crippen molar-refractivity contribution < 1.29 is 27.9 Å². The number of ether oxygens (including phenoxy) is 1. The summed E-state index contributed by atoms with van der Waals surface area (Å²) in [5.74, 6) is -2.82. The molecule has 0 bridgehead atoms. The molecule has 1 saturated heterocycles. The van der Waals surface area contributed by atoms with Gasteiger partial charge in [-0.3, -0.25) is 14.9 Å². The Bertz CT molecular complexity index is 839. The van der Waals surface area contributed by atoms with Gasteiger partial charge >= 0.3 is 6.09 Å². The summed E-state index contributed by atoms with van der Waals surface area (Å²) in [5.41, 5.74) is 0.438. The van der Waals surface area contributed by atoms with Crippen molar-refractivity contribution in [3.63, 3.8) is 0 Å². The van der Waals surface area contributed by atoms with E-state index in [-0.39, 0.29) is 24.5 Å². The summed E-state index contributed by atoms with van der Waals surface area (Å²) in [6.07, 6.45) is 9.13. The lowest BCUT2D eigenvalue weighted by Gasteiger charge is -2.54. The lowest BCUT2D eigenvalue weighted by molar-refractivity contribution is -0.134. The number of rotatable bonds is 4. The number of halogens is 2. The average Bonchev–Trinajstić information content (AvgIpc) is 3.45. The van der Waals surface area contributed by atoms with Crippen LogP contribution in [0.25, 0.3) is 0 Å². The second-order valence-electron chi connectivity index (χ2n) is 9.28. The Hall–Kier alpha value is -2.51. The van der Waals surface area contributed by atoms with Crippen LogP contribution in [0, 0.1) is 23.0 Å². The molecule has 0 radical (unpaired) electrons. The Labute approximate surface area is 180 Å². The third kappa shape index (κ3) is 5.22. The lowest BCUT2D eigenvalue weighted by atomic mass is 9.52. The van der Waals surface area contributed by atoms with Crippen LogP contribution >= 0.6 is 0 Å². The molecule has 3 amide bonds. The minimum atomic E-state index is -0.918. The Balaban J connectivity index is 0.000000149. The molecule has 1 spiro atoms. The number of benzene rings is 1. The Morgan fingerprint density at radius 3 is 2.35 bits per heavy atom. The number of piperidine rings is 1. The quantitative estimate of drug-likeness (QED) is 0.703. The van der Waals surface area contributed by atoms with Crippen LogP contribution in [-0.2, 0) is 14.3 Å². The van der Waals surface area contributed by atoms with E-state index < -0.39 is 29.4 Å². The van der Waals surface area contributed by atoms with Gasteiger partial charge in [0.1, 0.15) is 11.6 Å². The molecule has 168 valence electrons.